The van der Waals surface area contributed by atoms with E-state index in [1.165, 1.54) is 19.2 Å². The summed E-state index contributed by atoms with van der Waals surface area (Å²) in [6.07, 6.45) is 1.11. The highest BCUT2D eigenvalue weighted by atomic mass is 16.6. The zero-order valence-corrected chi connectivity index (χ0v) is 15.3. The summed E-state index contributed by atoms with van der Waals surface area (Å²) < 4.78 is 15.8. The largest absolute Gasteiger partial charge is 0.496 e. The van der Waals surface area contributed by atoms with E-state index in [-0.39, 0.29) is 17.4 Å². The van der Waals surface area contributed by atoms with Crippen molar-refractivity contribution in [1.29, 1.82) is 0 Å². The molecule has 0 atom stereocenters. The molecule has 0 radical (unpaired) electrons. The van der Waals surface area contributed by atoms with E-state index in [0.717, 1.165) is 6.20 Å². The summed E-state index contributed by atoms with van der Waals surface area (Å²) in [4.78, 5) is 13.9. The Morgan fingerprint density at radius 2 is 1.88 bits per heavy atom. The topological polar surface area (TPSA) is 127 Å². The Hall–Kier alpha value is -3.36. The number of rotatable bonds is 4. The molecule has 0 spiro atoms. The number of nitrogen functional groups attached to an aromatic ring is 1. The molecule has 2 aromatic heterocycles. The number of methoxy groups -OCH3 is 1. The molecule has 0 fully saturated rings. The number of ether oxygens (including phenoxy) is 2. The Bertz CT molecular complexity index is 846. The molecule has 9 nitrogen and oxygen atoms in total. The third-order valence-corrected chi connectivity index (χ3v) is 2.91. The molecular formula is C17H22N4O5. The van der Waals surface area contributed by atoms with Crippen LogP contribution >= 0.6 is 0 Å². The average Bonchev–Trinajstić information content (AvgIpc) is 3.06. The first-order valence-electron chi connectivity index (χ1n) is 8.09. The van der Waals surface area contributed by atoms with Crippen LogP contribution in [0, 0.1) is 10.1 Å². The third-order valence-electron chi connectivity index (χ3n) is 2.91. The van der Waals surface area contributed by atoms with Crippen LogP contribution < -0.4 is 15.2 Å². The minimum absolute atomic E-state index is 0.122. The van der Waals surface area contributed by atoms with Gasteiger partial charge >= 0.3 is 0 Å². The number of hydrogen-bond donors (Lipinski definition) is 1. The Morgan fingerprint density at radius 1 is 1.19 bits per heavy atom. The van der Waals surface area contributed by atoms with Crippen molar-refractivity contribution in [3.8, 4) is 17.4 Å². The van der Waals surface area contributed by atoms with Crippen LogP contribution in [0.2, 0.25) is 0 Å². The predicted octanol–water partition coefficient (Wildman–Crippen LogP) is 4.57. The van der Waals surface area contributed by atoms with E-state index in [1.54, 1.807) is 12.1 Å². The van der Waals surface area contributed by atoms with Gasteiger partial charge in [-0.3, -0.25) is 10.1 Å². The van der Waals surface area contributed by atoms with Gasteiger partial charge in [-0.05, 0) is 0 Å². The zero-order valence-electron chi connectivity index (χ0n) is 15.3. The van der Waals surface area contributed by atoms with Crippen LogP contribution in [0.3, 0.4) is 0 Å². The second-order valence-electron chi connectivity index (χ2n) is 4.28. The fraction of sp³-hybridized carbons (Fsp3) is 0.294. The lowest BCUT2D eigenvalue weighted by molar-refractivity contribution is -0.385. The molecule has 0 unspecified atom stereocenters. The first-order valence-corrected chi connectivity index (χ1v) is 8.09. The van der Waals surface area contributed by atoms with Gasteiger partial charge in [0.05, 0.1) is 12.0 Å². The quantitative estimate of drug-likeness (QED) is 0.528. The number of hydrogen-bond acceptors (Lipinski definition) is 8. The fourth-order valence-corrected chi connectivity index (χ4v) is 1.92. The van der Waals surface area contributed by atoms with Crippen molar-refractivity contribution >= 4 is 22.5 Å². The molecule has 0 aliphatic heterocycles. The summed E-state index contributed by atoms with van der Waals surface area (Å²) in [5.41, 5.74) is 5.97. The summed E-state index contributed by atoms with van der Waals surface area (Å²) >= 11 is 0. The van der Waals surface area contributed by atoms with Crippen molar-refractivity contribution in [1.82, 2.24) is 10.1 Å². The number of nitrogens with zero attached hydrogens (tertiary/aromatic N) is 3. The van der Waals surface area contributed by atoms with Crippen molar-refractivity contribution in [3.05, 3.63) is 40.6 Å². The average molecular weight is 362 g/mol. The monoisotopic (exact) mass is 362 g/mol. The normalized spacial score (nSPS) is 9.42. The smallest absolute Gasteiger partial charge is 0.287 e. The van der Waals surface area contributed by atoms with Gasteiger partial charge in [-0.15, -0.1) is 0 Å². The van der Waals surface area contributed by atoms with Gasteiger partial charge < -0.3 is 19.7 Å². The van der Waals surface area contributed by atoms with Crippen molar-refractivity contribution < 1.29 is 18.9 Å². The molecule has 3 aromatic rings. The van der Waals surface area contributed by atoms with E-state index in [1.807, 2.05) is 27.7 Å². The number of anilines is 1. The molecule has 0 amide bonds. The molecule has 0 aliphatic carbocycles. The van der Waals surface area contributed by atoms with E-state index >= 15 is 0 Å². The summed E-state index contributed by atoms with van der Waals surface area (Å²) in [6, 6.07) is 5.86. The summed E-state index contributed by atoms with van der Waals surface area (Å²) in [5, 5.41) is 14.8. The fourth-order valence-electron chi connectivity index (χ4n) is 1.92. The second-order valence-corrected chi connectivity index (χ2v) is 4.28. The summed E-state index contributed by atoms with van der Waals surface area (Å²) in [6.45, 7) is 8.00. The van der Waals surface area contributed by atoms with Gasteiger partial charge in [0.1, 0.15) is 23.1 Å². The van der Waals surface area contributed by atoms with Crippen LogP contribution in [0.5, 0.6) is 17.4 Å². The first-order chi connectivity index (χ1) is 12.6. The Kier molecular flexibility index (Phi) is 7.81. The van der Waals surface area contributed by atoms with Gasteiger partial charge in [-0.25, -0.2) is 4.98 Å². The van der Waals surface area contributed by atoms with Crippen LogP contribution in [-0.2, 0) is 0 Å². The highest BCUT2D eigenvalue weighted by Crippen LogP contribution is 2.36. The van der Waals surface area contributed by atoms with Gasteiger partial charge in [0.25, 0.3) is 5.69 Å². The zero-order chi connectivity index (χ0) is 19.7. The number of benzene rings is 1. The lowest BCUT2D eigenvalue weighted by atomic mass is 10.2. The minimum atomic E-state index is -0.539. The van der Waals surface area contributed by atoms with Crippen LogP contribution in [0.4, 0.5) is 11.5 Å². The van der Waals surface area contributed by atoms with Crippen molar-refractivity contribution in [3.63, 3.8) is 0 Å². The number of fused-ring (bicyclic) bond motifs is 1. The Labute approximate surface area is 150 Å². The van der Waals surface area contributed by atoms with E-state index in [2.05, 4.69) is 10.1 Å². The van der Waals surface area contributed by atoms with E-state index in [0.29, 0.717) is 22.5 Å². The van der Waals surface area contributed by atoms with Gasteiger partial charge in [0, 0.05) is 24.3 Å². The SMILES string of the molecule is CC.CC.COc1cc(Oc2ccc([N+](=O)[O-])cn2)cc2onc(N)c12. The maximum atomic E-state index is 10.6. The van der Waals surface area contributed by atoms with E-state index < -0.39 is 4.92 Å². The molecule has 2 heterocycles. The molecule has 0 saturated carbocycles. The van der Waals surface area contributed by atoms with Gasteiger partial charge in [-0.1, -0.05) is 32.9 Å². The van der Waals surface area contributed by atoms with E-state index in [9.17, 15) is 10.1 Å². The van der Waals surface area contributed by atoms with Crippen LogP contribution in [0.15, 0.2) is 35.0 Å². The lowest BCUT2D eigenvalue weighted by Gasteiger charge is -2.07. The first kappa shape index (κ1) is 20.7. The van der Waals surface area contributed by atoms with Gasteiger partial charge in [-0.2, -0.15) is 0 Å². The van der Waals surface area contributed by atoms with Crippen molar-refractivity contribution in [2.45, 2.75) is 27.7 Å². The van der Waals surface area contributed by atoms with Crippen LogP contribution in [-0.4, -0.2) is 22.2 Å². The Morgan fingerprint density at radius 3 is 2.42 bits per heavy atom. The van der Waals surface area contributed by atoms with E-state index in [4.69, 9.17) is 19.7 Å². The van der Waals surface area contributed by atoms with Crippen molar-refractivity contribution in [2.75, 3.05) is 12.8 Å². The molecule has 0 bridgehead atoms. The van der Waals surface area contributed by atoms with Crippen LogP contribution in [0.25, 0.3) is 11.0 Å². The van der Waals surface area contributed by atoms with Crippen molar-refractivity contribution in [2.24, 2.45) is 0 Å². The summed E-state index contributed by atoms with van der Waals surface area (Å²) in [5.74, 6) is 1.22. The maximum absolute atomic E-state index is 10.6. The lowest BCUT2D eigenvalue weighted by Crippen LogP contribution is -1.93. The molecule has 26 heavy (non-hydrogen) atoms. The predicted molar refractivity (Wildman–Crippen MR) is 98.6 cm³/mol. The van der Waals surface area contributed by atoms with Gasteiger partial charge in [0.15, 0.2) is 11.4 Å². The summed E-state index contributed by atoms with van der Waals surface area (Å²) in [7, 11) is 1.48. The van der Waals surface area contributed by atoms with Crippen LogP contribution in [0.1, 0.15) is 27.7 Å². The number of pyridine rings is 1. The Balaban J connectivity index is 0.000000791. The number of nitrogens with two attached hydrogens (primary N) is 1. The highest BCUT2D eigenvalue weighted by molar-refractivity contribution is 5.93. The number of nitro groups is 1. The van der Waals surface area contributed by atoms with Gasteiger partial charge in [0.2, 0.25) is 5.88 Å². The minimum Gasteiger partial charge on any atom is -0.496 e. The second kappa shape index (κ2) is 9.82. The molecule has 3 rings (SSSR count). The third kappa shape index (κ3) is 4.59. The molecule has 140 valence electrons. The molecule has 2 N–H and O–H groups in total. The molecule has 0 aliphatic rings. The molecule has 0 saturated heterocycles. The molecule has 1 aromatic carbocycles. The maximum Gasteiger partial charge on any atom is 0.287 e. The molecule has 9 heteroatoms. The molecular weight excluding hydrogens is 340 g/mol. The standard InChI is InChI=1S/C13H10N4O5.2C2H6/c1-20-9-4-8(5-10-12(9)13(14)16-22-10)21-11-3-2-7(6-15-11)17(18)19;2*1-2/h2-6H,1H3,(H2,14,16);2*1-2H3. The highest BCUT2D eigenvalue weighted by Gasteiger charge is 2.14. The number of aromatic nitrogens is 2.